The Morgan fingerprint density at radius 2 is 1.05 bits per heavy atom. The van der Waals surface area contributed by atoms with Crippen molar-refractivity contribution in [1.82, 2.24) is 10.3 Å². The Bertz CT molecular complexity index is 3300. The SMILES string of the molecule is [C-]#[N+]c1ccc(C(=O)Nc2[nH]c(N=C3N=C(NC(=O)c4ccc(C#N)cc4)C(C(=O)OC4C(C(C)(C)C)CC(C)CC4C(C)(C)C)=C3c3ccccc3)c(-c3ccccc3)c2C(=O)OC2C(C(C)(C)C)CC(C)CC2C(C)(C)C)cc1. The summed E-state index contributed by atoms with van der Waals surface area (Å²) in [7, 11) is 0. The third kappa shape index (κ3) is 13.2. The molecule has 2 saturated carbocycles. The third-order valence-electron chi connectivity index (χ3n) is 16.8. The van der Waals surface area contributed by atoms with E-state index in [2.05, 4.69) is 123 Å². The number of aliphatic imine (C=N–C) groups is 2. The molecule has 0 bridgehead atoms. The topological polar surface area (TPSA) is 179 Å². The van der Waals surface area contributed by atoms with Crippen LogP contribution >= 0.6 is 0 Å². The van der Waals surface area contributed by atoms with Crippen LogP contribution in [0, 0.1) is 75.1 Å². The minimum Gasteiger partial charge on any atom is -0.458 e. The van der Waals surface area contributed by atoms with E-state index >= 15 is 9.59 Å². The lowest BCUT2D eigenvalue weighted by Crippen LogP contribution is -2.50. The molecule has 2 aliphatic carbocycles. The van der Waals surface area contributed by atoms with E-state index < -0.39 is 36.0 Å². The van der Waals surface area contributed by atoms with E-state index in [1.165, 1.54) is 12.1 Å². The van der Waals surface area contributed by atoms with E-state index in [1.54, 1.807) is 36.4 Å². The maximum atomic E-state index is 15.7. The van der Waals surface area contributed by atoms with Gasteiger partial charge >= 0.3 is 11.9 Å². The highest BCUT2D eigenvalue weighted by Crippen LogP contribution is 2.52. The first-order chi connectivity index (χ1) is 38.1. The largest absolute Gasteiger partial charge is 0.458 e. The van der Waals surface area contributed by atoms with Crippen LogP contribution in [0.5, 0.6) is 0 Å². The molecular formula is C68H79N7O6. The number of amides is 2. The number of carbonyl (C=O) groups is 4. The number of rotatable bonds is 10. The molecule has 1 aromatic heterocycles. The zero-order valence-corrected chi connectivity index (χ0v) is 49.6. The molecule has 8 rings (SSSR count). The van der Waals surface area contributed by atoms with E-state index in [0.29, 0.717) is 39.8 Å². The number of aromatic amines is 1. The molecule has 4 atom stereocenters. The summed E-state index contributed by atoms with van der Waals surface area (Å²) in [4.78, 5) is 77.6. The summed E-state index contributed by atoms with van der Waals surface area (Å²) in [5.41, 5.74) is 1.91. The molecule has 0 saturated heterocycles. The smallest absolute Gasteiger partial charge is 0.343 e. The average molecular weight is 1090 g/mol. The van der Waals surface area contributed by atoms with Crippen LogP contribution in [0.25, 0.3) is 21.5 Å². The van der Waals surface area contributed by atoms with Gasteiger partial charge in [-0.05, 0) is 94.6 Å². The molecule has 13 heteroatoms. The molecule has 0 radical (unpaired) electrons. The highest BCUT2D eigenvalue weighted by atomic mass is 16.5. The van der Waals surface area contributed by atoms with Crippen LogP contribution < -0.4 is 10.6 Å². The lowest BCUT2D eigenvalue weighted by molar-refractivity contribution is -0.164. The zero-order chi connectivity index (χ0) is 58.9. The normalized spacial score (nSPS) is 23.0. The van der Waals surface area contributed by atoms with Crippen LogP contribution in [0.15, 0.2) is 125 Å². The second kappa shape index (κ2) is 23.3. The van der Waals surface area contributed by atoms with Gasteiger partial charge in [0.25, 0.3) is 11.8 Å². The van der Waals surface area contributed by atoms with E-state index in [-0.39, 0.29) is 96.5 Å². The number of amidine groups is 2. The molecule has 81 heavy (non-hydrogen) atoms. The van der Waals surface area contributed by atoms with Crippen LogP contribution in [-0.4, -0.2) is 52.6 Å². The fourth-order valence-electron chi connectivity index (χ4n) is 12.4. The van der Waals surface area contributed by atoms with Gasteiger partial charge in [-0.3, -0.25) is 9.59 Å². The van der Waals surface area contributed by atoms with Gasteiger partial charge in [0.1, 0.15) is 35.0 Å². The summed E-state index contributed by atoms with van der Waals surface area (Å²) in [5.74, 6) is -1.78. The molecule has 0 spiro atoms. The summed E-state index contributed by atoms with van der Waals surface area (Å²) in [6.45, 7) is 38.3. The molecule has 2 amide bonds. The van der Waals surface area contributed by atoms with Gasteiger partial charge in [-0.2, -0.15) is 5.26 Å². The van der Waals surface area contributed by atoms with Crippen LogP contribution in [0.2, 0.25) is 0 Å². The molecule has 13 nitrogen and oxygen atoms in total. The Kier molecular flexibility index (Phi) is 17.0. The first-order valence-electron chi connectivity index (χ1n) is 28.4. The Morgan fingerprint density at radius 3 is 1.49 bits per heavy atom. The van der Waals surface area contributed by atoms with Crippen molar-refractivity contribution in [2.24, 2.45) is 67.2 Å². The van der Waals surface area contributed by atoms with Crippen molar-refractivity contribution in [3.05, 3.63) is 154 Å². The van der Waals surface area contributed by atoms with Crippen molar-refractivity contribution in [1.29, 1.82) is 5.26 Å². The number of nitrogens with zero attached hydrogens (tertiary/aromatic N) is 4. The van der Waals surface area contributed by atoms with Crippen LogP contribution in [0.3, 0.4) is 0 Å². The monoisotopic (exact) mass is 1090 g/mol. The lowest BCUT2D eigenvalue weighted by atomic mass is 9.59. The van der Waals surface area contributed by atoms with Gasteiger partial charge in [0.15, 0.2) is 17.4 Å². The first kappa shape index (κ1) is 59.2. The summed E-state index contributed by atoms with van der Waals surface area (Å²) in [6.07, 6.45) is 2.39. The predicted octanol–water partition coefficient (Wildman–Crippen LogP) is 15.6. The number of anilines is 1. The molecule has 3 aliphatic rings. The molecule has 4 aromatic carbocycles. The molecular weight excluding hydrogens is 1010 g/mol. The van der Waals surface area contributed by atoms with Crippen molar-refractivity contribution in [2.75, 3.05) is 5.32 Å². The van der Waals surface area contributed by atoms with E-state index in [4.69, 9.17) is 26.0 Å². The van der Waals surface area contributed by atoms with Gasteiger partial charge in [-0.25, -0.2) is 24.4 Å². The van der Waals surface area contributed by atoms with Crippen LogP contribution in [0.4, 0.5) is 17.3 Å². The summed E-state index contributed by atoms with van der Waals surface area (Å²) in [5, 5.41) is 15.5. The van der Waals surface area contributed by atoms with Gasteiger partial charge in [-0.1, -0.05) is 182 Å². The Labute approximate surface area is 479 Å². The van der Waals surface area contributed by atoms with Crippen molar-refractivity contribution >= 4 is 58.3 Å². The number of benzene rings is 4. The average Bonchev–Trinajstić information content (AvgIpc) is 4.19. The molecule has 5 aromatic rings. The minimum absolute atomic E-state index is 0.00751. The Balaban J connectivity index is 1.38. The molecule has 422 valence electrons. The quantitative estimate of drug-likeness (QED) is 0.0919. The van der Waals surface area contributed by atoms with Crippen molar-refractivity contribution in [2.45, 2.75) is 135 Å². The Morgan fingerprint density at radius 1 is 0.617 bits per heavy atom. The van der Waals surface area contributed by atoms with Gasteiger partial charge in [0, 0.05) is 45.9 Å². The number of hydrogen-bond donors (Lipinski definition) is 3. The van der Waals surface area contributed by atoms with Gasteiger partial charge in [-0.15, -0.1) is 0 Å². The standard InChI is InChI=1S/C68H79N7O6/c1-39-34-47(65(3,4)5)55(48(35-39)66(6,7)8)80-63(78)53-51(42-22-18-16-19-23-42)57(72-59(53)74-61(76)44-28-26-41(38-69)27-29-44)71-58-52(43-24-20-17-21-25-43)54(60(73-58)75-62(77)45-30-32-46(70-15)33-31-45)64(79)81-56-49(67(9,10)11)36-40(2)37-50(56)68(12,13)14/h16-33,39-40,47-50,55-56,73H,34-37H2,1-14H3,(H,75,77)(H,71,72,74,76). The van der Waals surface area contributed by atoms with Crippen molar-refractivity contribution in [3.8, 4) is 17.2 Å². The number of aromatic nitrogens is 1. The maximum absolute atomic E-state index is 15.7. The van der Waals surface area contributed by atoms with Gasteiger partial charge in [0.05, 0.1) is 18.2 Å². The fourth-order valence-corrected chi connectivity index (χ4v) is 12.4. The minimum atomic E-state index is -0.694. The van der Waals surface area contributed by atoms with Gasteiger partial charge in [0.2, 0.25) is 0 Å². The highest BCUT2D eigenvalue weighted by molar-refractivity contribution is 6.45. The number of nitrogens with one attached hydrogen (secondary N) is 3. The van der Waals surface area contributed by atoms with Crippen molar-refractivity contribution in [3.63, 3.8) is 0 Å². The first-order valence-corrected chi connectivity index (χ1v) is 28.4. The maximum Gasteiger partial charge on any atom is 0.343 e. The molecule has 2 heterocycles. The number of hydrogen-bond acceptors (Lipinski definition) is 8. The second-order valence-electron chi connectivity index (χ2n) is 27.0. The third-order valence-corrected chi connectivity index (χ3v) is 16.8. The van der Waals surface area contributed by atoms with Gasteiger partial charge < -0.3 is 25.1 Å². The molecule has 1 aliphatic heterocycles. The number of carbonyl (C=O) groups excluding carboxylic acids is 4. The molecule has 4 unspecified atom stereocenters. The molecule has 2 fully saturated rings. The highest BCUT2D eigenvalue weighted by Gasteiger charge is 2.51. The van der Waals surface area contributed by atoms with E-state index in [9.17, 15) is 14.9 Å². The fraction of sp³-hybridized carbons (Fsp3) is 0.441. The summed E-state index contributed by atoms with van der Waals surface area (Å²) in [6, 6.07) is 32.9. The van der Waals surface area contributed by atoms with Crippen LogP contribution in [0.1, 0.15) is 165 Å². The number of esters is 2. The Hall–Kier alpha value is -7.90. The second-order valence-corrected chi connectivity index (χ2v) is 27.0. The zero-order valence-electron chi connectivity index (χ0n) is 49.6. The summed E-state index contributed by atoms with van der Waals surface area (Å²) >= 11 is 0. The van der Waals surface area contributed by atoms with E-state index in [1.807, 2.05) is 60.7 Å². The van der Waals surface area contributed by atoms with Crippen LogP contribution in [-0.2, 0) is 14.3 Å². The number of nitriles is 1. The molecule has 3 N–H and O–H groups in total. The number of ether oxygens (including phenoxy) is 2. The summed E-state index contributed by atoms with van der Waals surface area (Å²) < 4.78 is 13.9. The number of H-pyrrole nitrogens is 1. The predicted molar refractivity (Wildman–Crippen MR) is 321 cm³/mol. The lowest BCUT2D eigenvalue weighted by Gasteiger charge is -2.50. The van der Waals surface area contributed by atoms with E-state index in [0.717, 1.165) is 25.7 Å². The van der Waals surface area contributed by atoms with Crippen molar-refractivity contribution < 1.29 is 28.7 Å².